The Morgan fingerprint density at radius 2 is 2.31 bits per heavy atom. The van der Waals surface area contributed by atoms with E-state index in [2.05, 4.69) is 11.3 Å². The Labute approximate surface area is 74.2 Å². The van der Waals surface area contributed by atoms with Crippen LogP contribution in [0.5, 0.6) is 0 Å². The van der Waals surface area contributed by atoms with Crippen molar-refractivity contribution in [1.82, 2.24) is 5.32 Å². The molecule has 0 aromatic carbocycles. The molecule has 0 saturated heterocycles. The molecule has 0 aliphatic carbocycles. The molecule has 0 saturated carbocycles. The van der Waals surface area contributed by atoms with E-state index in [1.54, 1.807) is 5.32 Å². The third-order valence-corrected chi connectivity index (χ3v) is 1.05. The maximum absolute atomic E-state index is 12.3. The number of halogens is 2. The molecule has 0 aliphatic heterocycles. The van der Waals surface area contributed by atoms with E-state index < -0.39 is 25.2 Å². The summed E-state index contributed by atoms with van der Waals surface area (Å²) >= 11 is 0. The average molecular weight is 195 g/mol. The van der Waals surface area contributed by atoms with E-state index in [1.165, 1.54) is 6.08 Å². The van der Waals surface area contributed by atoms with Gasteiger partial charge in [0.15, 0.2) is 0 Å². The summed E-state index contributed by atoms with van der Waals surface area (Å²) in [6.07, 6.45) is 0.344. The number of hydrogen-bond acceptors (Lipinski definition) is 3. The zero-order chi connectivity index (χ0) is 10.3. The lowest BCUT2D eigenvalue weighted by Crippen LogP contribution is -2.39. The van der Waals surface area contributed by atoms with Crippen molar-refractivity contribution < 1.29 is 23.4 Å². The molecule has 0 aliphatic rings. The fourth-order valence-corrected chi connectivity index (χ4v) is 0.443. The smallest absolute Gasteiger partial charge is 0.407 e. The molecule has 0 bridgehead atoms. The van der Waals surface area contributed by atoms with Crippen molar-refractivity contribution in [1.29, 1.82) is 0 Å². The summed E-state index contributed by atoms with van der Waals surface area (Å²) in [5.74, 6) is -3.31. The standard InChI is InChI=1S/C7H11F2NO3/c1-2-3-13-6(12)10-4-7(8,9)5-11/h2,11H,1,3-5H2,(H,10,12). The molecular weight excluding hydrogens is 184 g/mol. The molecule has 0 radical (unpaired) electrons. The monoisotopic (exact) mass is 195 g/mol. The number of amides is 1. The van der Waals surface area contributed by atoms with Crippen molar-refractivity contribution >= 4 is 6.09 Å². The highest BCUT2D eigenvalue weighted by Gasteiger charge is 2.28. The number of ether oxygens (including phenoxy) is 1. The number of carbonyl (C=O) groups excluding carboxylic acids is 1. The van der Waals surface area contributed by atoms with Crippen molar-refractivity contribution in [3.8, 4) is 0 Å². The van der Waals surface area contributed by atoms with E-state index >= 15 is 0 Å². The highest BCUT2D eigenvalue weighted by Crippen LogP contribution is 2.09. The van der Waals surface area contributed by atoms with Crippen LogP contribution in [0.15, 0.2) is 12.7 Å². The largest absolute Gasteiger partial charge is 0.445 e. The SMILES string of the molecule is C=CCOC(=O)NCC(F)(F)CO. The maximum Gasteiger partial charge on any atom is 0.407 e. The van der Waals surface area contributed by atoms with Crippen molar-refractivity contribution in [2.24, 2.45) is 0 Å². The minimum Gasteiger partial charge on any atom is -0.445 e. The number of nitrogens with one attached hydrogen (secondary N) is 1. The quantitative estimate of drug-likeness (QED) is 0.629. The summed E-state index contributed by atoms with van der Waals surface area (Å²) in [6, 6.07) is 0. The Bertz CT molecular complexity index is 185. The van der Waals surface area contributed by atoms with Crippen LogP contribution in [0.25, 0.3) is 0 Å². The van der Waals surface area contributed by atoms with Gasteiger partial charge >= 0.3 is 6.09 Å². The number of alkyl carbamates (subject to hydrolysis) is 1. The molecule has 0 aromatic heterocycles. The van der Waals surface area contributed by atoms with Crippen LogP contribution in [0, 0.1) is 0 Å². The number of hydrogen-bond donors (Lipinski definition) is 2. The first-order valence-corrected chi connectivity index (χ1v) is 3.52. The molecule has 76 valence electrons. The number of carbonyl (C=O) groups is 1. The van der Waals surface area contributed by atoms with E-state index in [9.17, 15) is 13.6 Å². The molecule has 6 heteroatoms. The number of rotatable bonds is 5. The lowest BCUT2D eigenvalue weighted by molar-refractivity contribution is -0.0468. The van der Waals surface area contributed by atoms with Gasteiger partial charge in [0, 0.05) is 0 Å². The van der Waals surface area contributed by atoms with Crippen LogP contribution in [-0.4, -0.2) is 36.9 Å². The minimum absolute atomic E-state index is 0.0451. The molecule has 0 atom stereocenters. The minimum atomic E-state index is -3.31. The lowest BCUT2D eigenvalue weighted by atomic mass is 10.3. The van der Waals surface area contributed by atoms with Gasteiger partial charge in [0.2, 0.25) is 0 Å². The molecular formula is C7H11F2NO3. The summed E-state index contributed by atoms with van der Waals surface area (Å²) in [5, 5.41) is 9.91. The van der Waals surface area contributed by atoms with E-state index in [0.717, 1.165) is 0 Å². The van der Waals surface area contributed by atoms with E-state index in [4.69, 9.17) is 5.11 Å². The summed E-state index contributed by atoms with van der Waals surface area (Å²) in [7, 11) is 0. The van der Waals surface area contributed by atoms with Gasteiger partial charge in [-0.3, -0.25) is 0 Å². The topological polar surface area (TPSA) is 58.6 Å². The highest BCUT2D eigenvalue weighted by atomic mass is 19.3. The van der Waals surface area contributed by atoms with Crippen LogP contribution in [0.3, 0.4) is 0 Å². The van der Waals surface area contributed by atoms with Gasteiger partial charge in [-0.2, -0.15) is 0 Å². The van der Waals surface area contributed by atoms with Crippen LogP contribution < -0.4 is 5.32 Å². The Kier molecular flexibility index (Phi) is 4.98. The van der Waals surface area contributed by atoms with Crippen molar-refractivity contribution in [3.63, 3.8) is 0 Å². The molecule has 0 unspecified atom stereocenters. The van der Waals surface area contributed by atoms with Crippen LogP contribution in [-0.2, 0) is 4.74 Å². The second kappa shape index (κ2) is 5.47. The molecule has 0 fully saturated rings. The molecule has 1 amide bonds. The summed E-state index contributed by atoms with van der Waals surface area (Å²) < 4.78 is 28.9. The second-order valence-corrected chi connectivity index (χ2v) is 2.25. The predicted octanol–water partition coefficient (Wildman–Crippen LogP) is 0.526. The van der Waals surface area contributed by atoms with Crippen LogP contribution in [0.1, 0.15) is 0 Å². The second-order valence-electron chi connectivity index (χ2n) is 2.25. The third kappa shape index (κ3) is 6.03. The van der Waals surface area contributed by atoms with Gasteiger partial charge in [0.1, 0.15) is 13.2 Å². The molecule has 0 rings (SSSR count). The van der Waals surface area contributed by atoms with Gasteiger partial charge in [-0.1, -0.05) is 12.7 Å². The van der Waals surface area contributed by atoms with E-state index in [1.807, 2.05) is 0 Å². The van der Waals surface area contributed by atoms with Crippen molar-refractivity contribution in [3.05, 3.63) is 12.7 Å². The van der Waals surface area contributed by atoms with Gasteiger partial charge in [-0.25, -0.2) is 13.6 Å². The molecule has 4 nitrogen and oxygen atoms in total. The van der Waals surface area contributed by atoms with Gasteiger partial charge < -0.3 is 15.2 Å². The fourth-order valence-electron chi connectivity index (χ4n) is 0.443. The number of aliphatic hydroxyl groups is 1. The maximum atomic E-state index is 12.3. The summed E-state index contributed by atoms with van der Waals surface area (Å²) in [5.41, 5.74) is 0. The average Bonchev–Trinajstić information content (AvgIpc) is 2.11. The zero-order valence-electron chi connectivity index (χ0n) is 6.93. The molecule has 0 spiro atoms. The van der Waals surface area contributed by atoms with Crippen molar-refractivity contribution in [2.45, 2.75) is 5.92 Å². The zero-order valence-corrected chi connectivity index (χ0v) is 6.93. The first kappa shape index (κ1) is 11.8. The summed E-state index contributed by atoms with van der Waals surface area (Å²) in [4.78, 5) is 10.6. The Balaban J connectivity index is 3.63. The summed E-state index contributed by atoms with van der Waals surface area (Å²) in [6.45, 7) is 0.964. The number of aliphatic hydroxyl groups excluding tert-OH is 1. The third-order valence-electron chi connectivity index (χ3n) is 1.05. The van der Waals surface area contributed by atoms with E-state index in [-0.39, 0.29) is 6.61 Å². The van der Waals surface area contributed by atoms with Gasteiger partial charge in [0.25, 0.3) is 5.92 Å². The molecule has 0 heterocycles. The Morgan fingerprint density at radius 1 is 1.69 bits per heavy atom. The first-order valence-electron chi connectivity index (χ1n) is 3.52. The van der Waals surface area contributed by atoms with Gasteiger partial charge in [-0.15, -0.1) is 0 Å². The van der Waals surface area contributed by atoms with Crippen LogP contribution >= 0.6 is 0 Å². The predicted molar refractivity (Wildman–Crippen MR) is 41.6 cm³/mol. The van der Waals surface area contributed by atoms with E-state index in [0.29, 0.717) is 0 Å². The van der Waals surface area contributed by atoms with Gasteiger partial charge in [0.05, 0.1) is 6.54 Å². The lowest BCUT2D eigenvalue weighted by Gasteiger charge is -2.13. The number of alkyl halides is 2. The van der Waals surface area contributed by atoms with Gasteiger partial charge in [-0.05, 0) is 0 Å². The Hall–Kier alpha value is -1.17. The van der Waals surface area contributed by atoms with Crippen molar-refractivity contribution in [2.75, 3.05) is 19.8 Å². The normalized spacial score (nSPS) is 10.7. The van der Waals surface area contributed by atoms with Crippen LogP contribution in [0.2, 0.25) is 0 Å². The molecule has 2 N–H and O–H groups in total. The fraction of sp³-hybridized carbons (Fsp3) is 0.571. The Morgan fingerprint density at radius 3 is 2.77 bits per heavy atom. The molecule has 13 heavy (non-hydrogen) atoms. The molecule has 0 aromatic rings. The van der Waals surface area contributed by atoms with Crippen LogP contribution in [0.4, 0.5) is 13.6 Å². The first-order chi connectivity index (χ1) is 6.02. The highest BCUT2D eigenvalue weighted by molar-refractivity contribution is 5.67.